The molecule has 2 N–H and O–H groups in total. The number of hydrogen-bond acceptors (Lipinski definition) is 4. The number of rotatable bonds is 21. The summed E-state index contributed by atoms with van der Waals surface area (Å²) in [5.41, 5.74) is 0. The zero-order valence-electron chi connectivity index (χ0n) is 15.9. The van der Waals surface area contributed by atoms with Gasteiger partial charge >= 0.3 is 0 Å². The first-order valence-electron chi connectivity index (χ1n) is 10.3. The molecular formula is C20H42O2S2. The van der Waals surface area contributed by atoms with Gasteiger partial charge in [-0.25, -0.2) is 0 Å². The first kappa shape index (κ1) is 24.6. The Morgan fingerprint density at radius 2 is 0.583 bits per heavy atom. The van der Waals surface area contributed by atoms with Gasteiger partial charge in [0, 0.05) is 13.2 Å². The lowest BCUT2D eigenvalue weighted by atomic mass is 10.1. The predicted octanol–water partition coefficient (Wildman–Crippen LogP) is 5.90. The number of hydrogen-bond donors (Lipinski definition) is 2. The summed E-state index contributed by atoms with van der Waals surface area (Å²) in [5, 5.41) is 17.4. The minimum atomic E-state index is 0.345. The van der Waals surface area contributed by atoms with Crippen LogP contribution in [0.1, 0.15) is 89.9 Å². The molecule has 2 nitrogen and oxygen atoms in total. The second-order valence-corrected chi connectivity index (χ2v) is 9.07. The molecule has 0 rings (SSSR count). The van der Waals surface area contributed by atoms with E-state index in [1.54, 1.807) is 0 Å². The van der Waals surface area contributed by atoms with Gasteiger partial charge in [0.15, 0.2) is 0 Å². The SMILES string of the molecule is OCCCSCCCCCCCCCCCCCCSCCCO. The van der Waals surface area contributed by atoms with Crippen molar-refractivity contribution in [1.82, 2.24) is 0 Å². The van der Waals surface area contributed by atoms with Crippen molar-refractivity contribution < 1.29 is 10.2 Å². The lowest BCUT2D eigenvalue weighted by Gasteiger charge is -2.04. The molecular weight excluding hydrogens is 336 g/mol. The van der Waals surface area contributed by atoms with Crippen LogP contribution >= 0.6 is 23.5 Å². The van der Waals surface area contributed by atoms with Crippen LogP contribution in [0.15, 0.2) is 0 Å². The molecule has 0 bridgehead atoms. The maximum absolute atomic E-state index is 8.70. The van der Waals surface area contributed by atoms with Crippen molar-refractivity contribution >= 4 is 23.5 Å². The van der Waals surface area contributed by atoms with Crippen LogP contribution in [0.4, 0.5) is 0 Å². The smallest absolute Gasteiger partial charge is 0.0438 e. The van der Waals surface area contributed by atoms with Crippen molar-refractivity contribution in [3.05, 3.63) is 0 Å². The quantitative estimate of drug-likeness (QED) is 0.244. The zero-order valence-corrected chi connectivity index (χ0v) is 17.5. The van der Waals surface area contributed by atoms with Gasteiger partial charge in [-0.1, -0.05) is 64.2 Å². The summed E-state index contributed by atoms with van der Waals surface area (Å²) in [4.78, 5) is 0. The molecule has 0 heterocycles. The Hall–Kier alpha value is 0.620. The van der Waals surface area contributed by atoms with E-state index >= 15 is 0 Å². The van der Waals surface area contributed by atoms with E-state index in [0.717, 1.165) is 24.3 Å². The van der Waals surface area contributed by atoms with Crippen molar-refractivity contribution in [3.63, 3.8) is 0 Å². The molecule has 0 aromatic rings. The summed E-state index contributed by atoms with van der Waals surface area (Å²) in [6.07, 6.45) is 18.8. The van der Waals surface area contributed by atoms with E-state index in [1.807, 2.05) is 23.5 Å². The highest BCUT2D eigenvalue weighted by atomic mass is 32.2. The van der Waals surface area contributed by atoms with E-state index in [-0.39, 0.29) is 0 Å². The van der Waals surface area contributed by atoms with Gasteiger partial charge in [0.2, 0.25) is 0 Å². The van der Waals surface area contributed by atoms with Crippen LogP contribution in [0.3, 0.4) is 0 Å². The van der Waals surface area contributed by atoms with Crippen LogP contribution in [0.2, 0.25) is 0 Å². The molecule has 0 fully saturated rings. The van der Waals surface area contributed by atoms with Gasteiger partial charge in [0.05, 0.1) is 0 Å². The Balaban J connectivity index is 2.93. The first-order chi connectivity index (χ1) is 11.9. The van der Waals surface area contributed by atoms with E-state index in [9.17, 15) is 0 Å². The second kappa shape index (κ2) is 23.6. The van der Waals surface area contributed by atoms with E-state index in [0.29, 0.717) is 13.2 Å². The molecule has 0 aliphatic heterocycles. The van der Waals surface area contributed by atoms with Crippen molar-refractivity contribution in [2.45, 2.75) is 89.9 Å². The van der Waals surface area contributed by atoms with Crippen LogP contribution in [0.25, 0.3) is 0 Å². The average Bonchev–Trinajstić information content (AvgIpc) is 2.60. The van der Waals surface area contributed by atoms with Crippen LogP contribution in [-0.4, -0.2) is 46.4 Å². The van der Waals surface area contributed by atoms with Gasteiger partial charge in [-0.3, -0.25) is 0 Å². The fourth-order valence-electron chi connectivity index (χ4n) is 2.71. The monoisotopic (exact) mass is 378 g/mol. The largest absolute Gasteiger partial charge is 0.396 e. The summed E-state index contributed by atoms with van der Waals surface area (Å²) in [7, 11) is 0. The molecule has 0 aliphatic rings. The van der Waals surface area contributed by atoms with Gasteiger partial charge in [0.1, 0.15) is 0 Å². The molecule has 0 amide bonds. The van der Waals surface area contributed by atoms with Crippen LogP contribution in [0, 0.1) is 0 Å². The van der Waals surface area contributed by atoms with Crippen molar-refractivity contribution in [2.75, 3.05) is 36.2 Å². The Kier molecular flexibility index (Phi) is 24.2. The normalized spacial score (nSPS) is 11.2. The van der Waals surface area contributed by atoms with Gasteiger partial charge in [-0.05, 0) is 48.7 Å². The Morgan fingerprint density at radius 3 is 0.875 bits per heavy atom. The summed E-state index contributed by atoms with van der Waals surface area (Å²) in [5.74, 6) is 4.80. The van der Waals surface area contributed by atoms with Crippen LogP contribution < -0.4 is 0 Å². The third kappa shape index (κ3) is 22.6. The summed E-state index contributed by atoms with van der Waals surface area (Å²) in [6.45, 7) is 0.689. The zero-order chi connectivity index (χ0) is 17.6. The molecule has 0 aromatic heterocycles. The minimum absolute atomic E-state index is 0.345. The highest BCUT2D eigenvalue weighted by molar-refractivity contribution is 7.99. The third-order valence-electron chi connectivity index (χ3n) is 4.22. The van der Waals surface area contributed by atoms with Crippen molar-refractivity contribution in [1.29, 1.82) is 0 Å². The molecule has 146 valence electrons. The summed E-state index contributed by atoms with van der Waals surface area (Å²) in [6, 6.07) is 0. The van der Waals surface area contributed by atoms with E-state index < -0.39 is 0 Å². The van der Waals surface area contributed by atoms with Crippen LogP contribution in [-0.2, 0) is 0 Å². The predicted molar refractivity (Wildman–Crippen MR) is 113 cm³/mol. The third-order valence-corrected chi connectivity index (χ3v) is 6.53. The number of aliphatic hydroxyl groups is 2. The molecule has 0 radical (unpaired) electrons. The highest BCUT2D eigenvalue weighted by Crippen LogP contribution is 2.14. The lowest BCUT2D eigenvalue weighted by molar-refractivity contribution is 0.296. The van der Waals surface area contributed by atoms with Gasteiger partial charge < -0.3 is 10.2 Å². The number of aliphatic hydroxyl groups excluding tert-OH is 2. The molecule has 0 saturated heterocycles. The molecule has 0 spiro atoms. The Morgan fingerprint density at radius 1 is 0.333 bits per heavy atom. The fourth-order valence-corrected chi connectivity index (χ4v) is 4.60. The van der Waals surface area contributed by atoms with E-state index in [2.05, 4.69) is 0 Å². The topological polar surface area (TPSA) is 40.5 Å². The van der Waals surface area contributed by atoms with Gasteiger partial charge in [0.25, 0.3) is 0 Å². The van der Waals surface area contributed by atoms with Crippen molar-refractivity contribution in [3.8, 4) is 0 Å². The highest BCUT2D eigenvalue weighted by Gasteiger charge is 1.95. The Labute approximate surface area is 160 Å². The van der Waals surface area contributed by atoms with Gasteiger partial charge in [-0.15, -0.1) is 0 Å². The second-order valence-electron chi connectivity index (χ2n) is 6.62. The molecule has 0 aromatic carbocycles. The lowest BCUT2D eigenvalue weighted by Crippen LogP contribution is -1.89. The maximum Gasteiger partial charge on any atom is 0.0438 e. The molecule has 24 heavy (non-hydrogen) atoms. The van der Waals surface area contributed by atoms with Crippen LogP contribution in [0.5, 0.6) is 0 Å². The minimum Gasteiger partial charge on any atom is -0.396 e. The number of unbranched alkanes of at least 4 members (excludes halogenated alkanes) is 11. The van der Waals surface area contributed by atoms with E-state index in [4.69, 9.17) is 10.2 Å². The first-order valence-corrected chi connectivity index (χ1v) is 12.6. The Bertz CT molecular complexity index is 194. The molecule has 0 unspecified atom stereocenters. The summed E-state index contributed by atoms with van der Waals surface area (Å²) >= 11 is 3.99. The standard InChI is InChI=1S/C20H42O2S2/c21-15-13-19-23-17-11-9-7-5-3-1-2-4-6-8-10-12-18-24-20-14-16-22/h21-22H,1-20H2. The average molecular weight is 379 g/mol. The number of thioether (sulfide) groups is 2. The van der Waals surface area contributed by atoms with Gasteiger partial charge in [-0.2, -0.15) is 23.5 Å². The summed E-state index contributed by atoms with van der Waals surface area (Å²) < 4.78 is 0. The molecule has 0 saturated carbocycles. The van der Waals surface area contributed by atoms with Crippen molar-refractivity contribution in [2.24, 2.45) is 0 Å². The molecule has 4 heteroatoms. The van der Waals surface area contributed by atoms with E-state index in [1.165, 1.54) is 88.6 Å². The maximum atomic E-state index is 8.70. The molecule has 0 aliphatic carbocycles. The fraction of sp³-hybridized carbons (Fsp3) is 1.00. The molecule has 0 atom stereocenters.